The lowest BCUT2D eigenvalue weighted by atomic mass is 9.94. The van der Waals surface area contributed by atoms with Crippen molar-refractivity contribution >= 4 is 43.5 Å². The number of aromatic nitrogens is 3. The van der Waals surface area contributed by atoms with Gasteiger partial charge in [0.15, 0.2) is 17.5 Å². The largest absolute Gasteiger partial charge is 0.456 e. The molecule has 0 spiro atoms. The van der Waals surface area contributed by atoms with Crippen LogP contribution in [-0.2, 0) is 0 Å². The summed E-state index contributed by atoms with van der Waals surface area (Å²) >= 11 is 0. The van der Waals surface area contributed by atoms with Gasteiger partial charge in [-0.15, -0.1) is 0 Å². The molecule has 0 unspecified atom stereocenters. The number of fused-ring (bicyclic) bond motifs is 7. The van der Waals surface area contributed by atoms with Crippen molar-refractivity contribution in [2.24, 2.45) is 0 Å². The van der Waals surface area contributed by atoms with Crippen LogP contribution in [0.15, 0.2) is 192 Å². The molecular weight excluding hydrogens is 695 g/mol. The Morgan fingerprint density at radius 2 is 0.842 bits per heavy atom. The van der Waals surface area contributed by atoms with Gasteiger partial charge in [-0.3, -0.25) is 0 Å². The Morgan fingerprint density at radius 3 is 1.67 bits per heavy atom. The summed E-state index contributed by atoms with van der Waals surface area (Å²) in [6.45, 7) is 0. The van der Waals surface area contributed by atoms with E-state index in [0.29, 0.717) is 17.5 Å². The van der Waals surface area contributed by atoms with E-state index in [2.05, 4.69) is 152 Å². The van der Waals surface area contributed by atoms with Crippen LogP contribution in [0.2, 0.25) is 0 Å². The van der Waals surface area contributed by atoms with Crippen molar-refractivity contribution < 1.29 is 4.42 Å². The molecule has 0 saturated heterocycles. The van der Waals surface area contributed by atoms with Crippen LogP contribution in [-0.4, -0.2) is 15.0 Å². The lowest BCUT2D eigenvalue weighted by molar-refractivity contribution is 0.669. The number of benzene rings is 9. The van der Waals surface area contributed by atoms with Gasteiger partial charge < -0.3 is 4.42 Å². The predicted molar refractivity (Wildman–Crippen MR) is 234 cm³/mol. The van der Waals surface area contributed by atoms with Gasteiger partial charge in [-0.2, -0.15) is 0 Å². The number of hydrogen-bond acceptors (Lipinski definition) is 4. The highest BCUT2D eigenvalue weighted by Gasteiger charge is 2.22. The lowest BCUT2D eigenvalue weighted by Gasteiger charge is -2.12. The summed E-state index contributed by atoms with van der Waals surface area (Å²) in [5.74, 6) is 1.89. The van der Waals surface area contributed by atoms with Gasteiger partial charge in [-0.05, 0) is 96.4 Å². The molecule has 0 radical (unpaired) electrons. The smallest absolute Gasteiger partial charge is 0.164 e. The average Bonchev–Trinajstić information content (AvgIpc) is 3.83. The summed E-state index contributed by atoms with van der Waals surface area (Å²) in [7, 11) is 0. The minimum Gasteiger partial charge on any atom is -0.456 e. The third kappa shape index (κ3) is 5.04. The predicted octanol–water partition coefficient (Wildman–Crippen LogP) is 14.1. The Morgan fingerprint density at radius 1 is 0.281 bits per heavy atom. The molecule has 4 nitrogen and oxygen atoms in total. The fourth-order valence-electron chi connectivity index (χ4n) is 8.82. The average molecular weight is 726 g/mol. The quantitative estimate of drug-likeness (QED) is 0.177. The van der Waals surface area contributed by atoms with Crippen molar-refractivity contribution in [3.8, 4) is 78.7 Å². The second kappa shape index (κ2) is 12.4. The van der Waals surface area contributed by atoms with Crippen LogP contribution >= 0.6 is 0 Å². The summed E-state index contributed by atoms with van der Waals surface area (Å²) in [5, 5.41) is 7.11. The van der Waals surface area contributed by atoms with E-state index in [-0.39, 0.29) is 0 Å². The molecule has 1 aliphatic carbocycles. The molecular formula is C53H31N3O. The lowest BCUT2D eigenvalue weighted by Crippen LogP contribution is -2.00. The maximum Gasteiger partial charge on any atom is 0.164 e. The van der Waals surface area contributed by atoms with E-state index in [9.17, 15) is 0 Å². The van der Waals surface area contributed by atoms with Gasteiger partial charge in [0, 0.05) is 27.5 Å². The second-order valence-corrected chi connectivity index (χ2v) is 14.7. The van der Waals surface area contributed by atoms with E-state index in [4.69, 9.17) is 19.4 Å². The van der Waals surface area contributed by atoms with Crippen LogP contribution in [0.3, 0.4) is 0 Å². The molecule has 4 heteroatoms. The molecule has 0 saturated carbocycles. The minimum absolute atomic E-state index is 0.628. The van der Waals surface area contributed by atoms with Crippen LogP contribution in [0, 0.1) is 0 Å². The van der Waals surface area contributed by atoms with Gasteiger partial charge in [0.25, 0.3) is 0 Å². The van der Waals surface area contributed by atoms with Gasteiger partial charge in [-0.1, -0.05) is 158 Å². The van der Waals surface area contributed by atoms with Crippen molar-refractivity contribution in [3.05, 3.63) is 188 Å². The van der Waals surface area contributed by atoms with Crippen LogP contribution < -0.4 is 0 Å². The van der Waals surface area contributed by atoms with Crippen LogP contribution in [0.25, 0.3) is 122 Å². The fraction of sp³-hybridized carbons (Fsp3) is 0. The zero-order chi connectivity index (χ0) is 37.5. The number of nitrogens with zero attached hydrogens (tertiary/aromatic N) is 3. The maximum atomic E-state index is 6.25. The molecule has 0 fully saturated rings. The first-order valence-corrected chi connectivity index (χ1v) is 19.3. The van der Waals surface area contributed by atoms with E-state index >= 15 is 0 Å². The van der Waals surface area contributed by atoms with E-state index in [1.165, 1.54) is 33.0 Å². The highest BCUT2D eigenvalue weighted by molar-refractivity contribution is 6.16. The first kappa shape index (κ1) is 31.6. The molecule has 11 aromatic rings. The number of hydrogen-bond donors (Lipinski definition) is 0. The molecule has 0 bridgehead atoms. The Hall–Kier alpha value is -7.69. The van der Waals surface area contributed by atoms with Crippen LogP contribution in [0.4, 0.5) is 0 Å². The summed E-state index contributed by atoms with van der Waals surface area (Å²) in [6.07, 6.45) is 0. The zero-order valence-electron chi connectivity index (χ0n) is 30.6. The van der Waals surface area contributed by atoms with Gasteiger partial charge in [0.2, 0.25) is 0 Å². The molecule has 57 heavy (non-hydrogen) atoms. The molecule has 0 amide bonds. The van der Waals surface area contributed by atoms with Crippen molar-refractivity contribution in [2.75, 3.05) is 0 Å². The SMILES string of the molecule is c1ccc(-c2nc(-c3cccc(-c4ccc5c(c4)-c4cccc6cccc-5c46)c3)nc(-c3ccc4c(-c5cccc6oc7ccccc7c56)cccc4c3)n2)cc1. The van der Waals surface area contributed by atoms with Crippen molar-refractivity contribution in [1.29, 1.82) is 0 Å². The van der Waals surface area contributed by atoms with Crippen LogP contribution in [0.1, 0.15) is 0 Å². The van der Waals surface area contributed by atoms with Gasteiger partial charge in [0.1, 0.15) is 11.2 Å². The molecule has 2 aromatic heterocycles. The van der Waals surface area contributed by atoms with E-state index in [1.807, 2.05) is 36.4 Å². The highest BCUT2D eigenvalue weighted by Crippen LogP contribution is 2.48. The summed E-state index contributed by atoms with van der Waals surface area (Å²) in [4.78, 5) is 15.3. The molecule has 0 N–H and O–H groups in total. The third-order valence-corrected chi connectivity index (χ3v) is 11.5. The molecule has 0 atom stereocenters. The fourth-order valence-corrected chi connectivity index (χ4v) is 8.82. The Balaban J connectivity index is 0.971. The van der Waals surface area contributed by atoms with Gasteiger partial charge in [0.05, 0.1) is 0 Å². The van der Waals surface area contributed by atoms with Crippen molar-refractivity contribution in [2.45, 2.75) is 0 Å². The van der Waals surface area contributed by atoms with Crippen molar-refractivity contribution in [3.63, 3.8) is 0 Å². The Bertz CT molecular complexity index is 3410. The topological polar surface area (TPSA) is 51.8 Å². The molecule has 1 aliphatic rings. The van der Waals surface area contributed by atoms with Gasteiger partial charge in [-0.25, -0.2) is 15.0 Å². The number of para-hydroxylation sites is 1. The summed E-state index contributed by atoms with van der Waals surface area (Å²) in [6, 6.07) is 66.3. The number of furan rings is 1. The van der Waals surface area contributed by atoms with Gasteiger partial charge >= 0.3 is 0 Å². The normalized spacial score (nSPS) is 11.9. The maximum absolute atomic E-state index is 6.25. The van der Waals surface area contributed by atoms with Crippen LogP contribution in [0.5, 0.6) is 0 Å². The molecule has 264 valence electrons. The van der Waals surface area contributed by atoms with Crippen molar-refractivity contribution in [1.82, 2.24) is 15.0 Å². The molecule has 12 rings (SSSR count). The standard InChI is InChI=1S/C53H31N3O/c1-2-11-33(12-3-1)51-54-52(37-17-6-15-34(29-37)35-25-28-41-42-20-7-13-32-14-8-21-44(49(32)42)46(41)31-35)56-53(55-51)38-26-27-39-36(30-38)16-9-19-40(39)43-22-10-24-48-50(43)45-18-4-5-23-47(45)57-48/h1-31H. The molecule has 0 aliphatic heterocycles. The van der Waals surface area contributed by atoms with E-state index in [0.717, 1.165) is 71.7 Å². The number of rotatable bonds is 5. The minimum atomic E-state index is 0.628. The van der Waals surface area contributed by atoms with E-state index < -0.39 is 0 Å². The Kier molecular flexibility index (Phi) is 6.89. The third-order valence-electron chi connectivity index (χ3n) is 11.5. The second-order valence-electron chi connectivity index (χ2n) is 14.7. The Labute approximate surface area is 328 Å². The van der Waals surface area contributed by atoms with E-state index in [1.54, 1.807) is 0 Å². The zero-order valence-corrected chi connectivity index (χ0v) is 30.6. The monoisotopic (exact) mass is 725 g/mol. The highest BCUT2D eigenvalue weighted by atomic mass is 16.3. The molecule has 9 aromatic carbocycles. The summed E-state index contributed by atoms with van der Waals surface area (Å²) in [5.41, 5.74) is 14.3. The first-order valence-electron chi connectivity index (χ1n) is 19.3. The summed E-state index contributed by atoms with van der Waals surface area (Å²) < 4.78 is 6.25. The molecule has 2 heterocycles. The first-order chi connectivity index (χ1) is 28.2.